The molecule has 1 heterocycles. The van der Waals surface area contributed by atoms with Crippen LogP contribution in [0, 0.1) is 0 Å². The minimum absolute atomic E-state index is 0.0315. The second-order valence-corrected chi connectivity index (χ2v) is 9.90. The summed E-state index contributed by atoms with van der Waals surface area (Å²) in [6, 6.07) is 17.5. The molecule has 47 heavy (non-hydrogen) atoms. The molecule has 0 unspecified atom stereocenters. The van der Waals surface area contributed by atoms with Gasteiger partial charge in [-0.05, 0) is 71.6 Å². The summed E-state index contributed by atoms with van der Waals surface area (Å²) in [5.74, 6) is -1.41. The van der Waals surface area contributed by atoms with E-state index in [1.807, 2.05) is 19.1 Å². The van der Waals surface area contributed by atoms with Crippen LogP contribution in [0.4, 0.5) is 26.3 Å². The van der Waals surface area contributed by atoms with Gasteiger partial charge < -0.3 is 29.2 Å². The predicted octanol–water partition coefficient (Wildman–Crippen LogP) is 7.96. The minimum Gasteiger partial charge on any atom is -0.481 e. The van der Waals surface area contributed by atoms with Crippen LogP contribution in [0.2, 0.25) is 0 Å². The maximum absolute atomic E-state index is 13.0. The molecule has 1 aliphatic rings. The molecule has 1 aliphatic heterocycles. The van der Waals surface area contributed by atoms with E-state index in [0.717, 1.165) is 48.4 Å². The van der Waals surface area contributed by atoms with Gasteiger partial charge >= 0.3 is 24.3 Å². The molecule has 4 aromatic carbocycles. The summed E-state index contributed by atoms with van der Waals surface area (Å²) in [7, 11) is 0. The zero-order valence-corrected chi connectivity index (χ0v) is 24.4. The lowest BCUT2D eigenvalue weighted by Crippen LogP contribution is -2.11. The molecular weight excluding hydrogens is 638 g/mol. The van der Waals surface area contributed by atoms with Crippen LogP contribution in [0.25, 0.3) is 22.3 Å². The van der Waals surface area contributed by atoms with Crippen LogP contribution in [0.3, 0.4) is 0 Å². The van der Waals surface area contributed by atoms with Crippen LogP contribution in [-0.4, -0.2) is 42.2 Å². The lowest BCUT2D eigenvalue weighted by atomic mass is 10.00. The lowest BCUT2D eigenvalue weighted by molar-refractivity contribution is -0.140. The number of carbonyl (C=O) groups is 2. The van der Waals surface area contributed by atoms with E-state index in [-0.39, 0.29) is 29.4 Å². The largest absolute Gasteiger partial charge is 0.481 e. The Kier molecular flexibility index (Phi) is 10.5. The molecule has 8 nitrogen and oxygen atoms in total. The van der Waals surface area contributed by atoms with Crippen LogP contribution in [-0.2, 0) is 28.4 Å². The molecule has 4 aromatic rings. The first-order valence-electron chi connectivity index (χ1n) is 13.8. The van der Waals surface area contributed by atoms with Crippen molar-refractivity contribution in [2.75, 3.05) is 20.0 Å². The van der Waals surface area contributed by atoms with Crippen molar-refractivity contribution < 1.29 is 65.1 Å². The smallest absolute Gasteiger partial charge is 0.416 e. The summed E-state index contributed by atoms with van der Waals surface area (Å²) in [6.07, 6.45) is -8.20. The standard InChI is InChI=1S/C17H15F3O3.C16H11F3O5/c1-2-11-3-5-12(6-4-11)14-9-13(17(18,19)20)7-8-15(14)23-10-16(21)22;17-16(18,19)10-2-4-12(22-7-15(20)21)11(6-10)9-1-3-13-14(5-9)24-8-23-13/h3-9H,2,10H2,1H3,(H,21,22);1-6H,7-8H2,(H,20,21). The van der Waals surface area contributed by atoms with Gasteiger partial charge in [0.2, 0.25) is 6.79 Å². The topological polar surface area (TPSA) is 112 Å². The predicted molar refractivity (Wildman–Crippen MR) is 156 cm³/mol. The van der Waals surface area contributed by atoms with Gasteiger partial charge in [-0.1, -0.05) is 37.3 Å². The van der Waals surface area contributed by atoms with Gasteiger partial charge in [0.25, 0.3) is 0 Å². The van der Waals surface area contributed by atoms with E-state index in [2.05, 4.69) is 0 Å². The molecule has 0 saturated carbocycles. The summed E-state index contributed by atoms with van der Waals surface area (Å²) < 4.78 is 98.2. The van der Waals surface area contributed by atoms with Crippen molar-refractivity contribution in [1.82, 2.24) is 0 Å². The summed E-state index contributed by atoms with van der Waals surface area (Å²) in [5.41, 5.74) is 0.633. The Labute approximate surface area is 263 Å². The van der Waals surface area contributed by atoms with Crippen LogP contribution in [0.5, 0.6) is 23.0 Å². The van der Waals surface area contributed by atoms with Gasteiger partial charge in [-0.2, -0.15) is 26.3 Å². The SMILES string of the molecule is CCc1ccc(-c2cc(C(F)(F)F)ccc2OCC(=O)O)cc1.O=C(O)COc1ccc(C(F)(F)F)cc1-c1ccc2c(c1)OCO2. The zero-order valence-electron chi connectivity index (χ0n) is 24.4. The van der Waals surface area contributed by atoms with Gasteiger partial charge in [0.05, 0.1) is 11.1 Å². The second kappa shape index (κ2) is 14.4. The second-order valence-electron chi connectivity index (χ2n) is 9.90. The Balaban J connectivity index is 0.000000213. The molecule has 14 heteroatoms. The van der Waals surface area contributed by atoms with Crippen molar-refractivity contribution in [2.45, 2.75) is 25.7 Å². The number of halogens is 6. The third-order valence-electron chi connectivity index (χ3n) is 6.67. The van der Waals surface area contributed by atoms with Gasteiger partial charge in [-0.25, -0.2) is 9.59 Å². The minimum atomic E-state index is -4.53. The van der Waals surface area contributed by atoms with Crippen LogP contribution in [0.15, 0.2) is 78.9 Å². The third kappa shape index (κ3) is 9.08. The summed E-state index contributed by atoms with van der Waals surface area (Å²) in [6.45, 7) is 0.721. The first kappa shape index (κ1) is 34.5. The summed E-state index contributed by atoms with van der Waals surface area (Å²) >= 11 is 0. The fourth-order valence-corrected chi connectivity index (χ4v) is 4.38. The highest BCUT2D eigenvalue weighted by Crippen LogP contribution is 2.42. The molecule has 0 aliphatic carbocycles. The van der Waals surface area contributed by atoms with Crippen molar-refractivity contribution in [3.63, 3.8) is 0 Å². The highest BCUT2D eigenvalue weighted by Gasteiger charge is 2.32. The van der Waals surface area contributed by atoms with Gasteiger partial charge in [-0.3, -0.25) is 0 Å². The first-order chi connectivity index (χ1) is 22.2. The molecule has 5 rings (SSSR count). The van der Waals surface area contributed by atoms with Crippen LogP contribution in [0.1, 0.15) is 23.6 Å². The number of carboxylic acids is 2. The number of alkyl halides is 6. The summed E-state index contributed by atoms with van der Waals surface area (Å²) in [5, 5.41) is 17.4. The molecule has 2 N–H and O–H groups in total. The average molecular weight is 665 g/mol. The van der Waals surface area contributed by atoms with E-state index in [4.69, 9.17) is 29.2 Å². The van der Waals surface area contributed by atoms with Crippen molar-refractivity contribution in [3.8, 4) is 45.3 Å². The molecule has 0 aromatic heterocycles. The lowest BCUT2D eigenvalue weighted by Gasteiger charge is -2.14. The fraction of sp³-hybridized carbons (Fsp3) is 0.212. The Morgan fingerprint density at radius 1 is 0.660 bits per heavy atom. The normalized spacial score (nSPS) is 12.1. The maximum atomic E-state index is 13.0. The Hall–Kier alpha value is -5.40. The Morgan fingerprint density at radius 2 is 1.13 bits per heavy atom. The van der Waals surface area contributed by atoms with Crippen molar-refractivity contribution in [1.29, 1.82) is 0 Å². The van der Waals surface area contributed by atoms with Gasteiger partial charge in [0, 0.05) is 11.1 Å². The number of fused-ring (bicyclic) bond motifs is 1. The van der Waals surface area contributed by atoms with Crippen molar-refractivity contribution in [3.05, 3.63) is 95.6 Å². The fourth-order valence-electron chi connectivity index (χ4n) is 4.38. The maximum Gasteiger partial charge on any atom is 0.416 e. The van der Waals surface area contributed by atoms with E-state index in [1.54, 1.807) is 24.3 Å². The number of rotatable bonds is 9. The summed E-state index contributed by atoms with van der Waals surface area (Å²) in [4.78, 5) is 21.3. The molecule has 0 amide bonds. The van der Waals surface area contributed by atoms with E-state index in [0.29, 0.717) is 22.6 Å². The highest BCUT2D eigenvalue weighted by atomic mass is 19.4. The van der Waals surface area contributed by atoms with E-state index >= 15 is 0 Å². The number of carboxylic acid groups (broad SMARTS) is 2. The molecule has 0 fully saturated rings. The first-order valence-corrected chi connectivity index (χ1v) is 13.8. The molecule has 0 spiro atoms. The van der Waals surface area contributed by atoms with Gasteiger partial charge in [0.15, 0.2) is 24.7 Å². The van der Waals surface area contributed by atoms with Crippen LogP contribution >= 0.6 is 0 Å². The van der Waals surface area contributed by atoms with Crippen molar-refractivity contribution >= 4 is 11.9 Å². The van der Waals surface area contributed by atoms with Crippen molar-refractivity contribution in [2.24, 2.45) is 0 Å². The number of aryl methyl sites for hydroxylation is 1. The molecule has 0 radical (unpaired) electrons. The molecular formula is C33H26F6O8. The number of ether oxygens (including phenoxy) is 4. The number of aliphatic carboxylic acids is 2. The Bertz CT molecular complexity index is 1730. The van der Waals surface area contributed by atoms with E-state index in [1.165, 1.54) is 6.07 Å². The van der Waals surface area contributed by atoms with E-state index in [9.17, 15) is 35.9 Å². The number of hydrogen-bond acceptors (Lipinski definition) is 6. The van der Waals surface area contributed by atoms with E-state index < -0.39 is 48.6 Å². The van der Waals surface area contributed by atoms with Gasteiger partial charge in [-0.15, -0.1) is 0 Å². The van der Waals surface area contributed by atoms with Gasteiger partial charge in [0.1, 0.15) is 11.5 Å². The number of benzene rings is 4. The highest BCUT2D eigenvalue weighted by molar-refractivity contribution is 5.76. The monoisotopic (exact) mass is 664 g/mol. The average Bonchev–Trinajstić information content (AvgIpc) is 3.50. The third-order valence-corrected chi connectivity index (χ3v) is 6.67. The quantitative estimate of drug-likeness (QED) is 0.174. The van der Waals surface area contributed by atoms with Crippen LogP contribution < -0.4 is 18.9 Å². The zero-order chi connectivity index (χ0) is 34.4. The molecule has 0 atom stereocenters. The Morgan fingerprint density at radius 3 is 1.60 bits per heavy atom. The molecule has 0 bridgehead atoms. The molecule has 0 saturated heterocycles. The number of hydrogen-bond donors (Lipinski definition) is 2. The molecule has 248 valence electrons.